The molecule has 0 atom stereocenters. The van der Waals surface area contributed by atoms with Crippen molar-refractivity contribution < 1.29 is 5.11 Å². The summed E-state index contributed by atoms with van der Waals surface area (Å²) in [5, 5.41) is 16.6. The predicted molar refractivity (Wildman–Crippen MR) is 66.7 cm³/mol. The summed E-state index contributed by atoms with van der Waals surface area (Å²) in [6.45, 7) is 1.74. The van der Waals surface area contributed by atoms with Crippen LogP contribution >= 0.6 is 0 Å². The molecule has 0 bridgehead atoms. The number of nitrogens with zero attached hydrogens (tertiary/aromatic N) is 2. The lowest BCUT2D eigenvalue weighted by atomic mass is 10.1. The van der Waals surface area contributed by atoms with Gasteiger partial charge in [0.05, 0.1) is 5.69 Å². The van der Waals surface area contributed by atoms with Crippen LogP contribution in [-0.2, 0) is 20.0 Å². The van der Waals surface area contributed by atoms with Gasteiger partial charge in [-0.05, 0) is 36.7 Å². The second-order valence-corrected chi connectivity index (χ2v) is 4.04. The van der Waals surface area contributed by atoms with Crippen molar-refractivity contribution in [3.05, 3.63) is 47.8 Å². The third-order valence-electron chi connectivity index (χ3n) is 2.76. The Hall–Kier alpha value is -1.81. The van der Waals surface area contributed by atoms with Crippen LogP contribution in [0.2, 0.25) is 0 Å². The van der Waals surface area contributed by atoms with Crippen LogP contribution in [0.4, 0.5) is 0 Å². The second kappa shape index (κ2) is 5.50. The standard InChI is InChI=1S/C13H17N3O/c1-16-12(7-9-15-16)10-14-8-6-11-2-4-13(17)5-3-11/h2-5,7,9,14,17H,6,8,10H2,1H3. The van der Waals surface area contributed by atoms with E-state index in [0.717, 1.165) is 19.5 Å². The molecule has 4 heteroatoms. The fourth-order valence-electron chi connectivity index (χ4n) is 1.69. The summed E-state index contributed by atoms with van der Waals surface area (Å²) in [5.41, 5.74) is 2.40. The van der Waals surface area contributed by atoms with Crippen LogP contribution in [0.3, 0.4) is 0 Å². The summed E-state index contributed by atoms with van der Waals surface area (Å²) in [7, 11) is 1.94. The third kappa shape index (κ3) is 3.32. The molecule has 1 heterocycles. The monoisotopic (exact) mass is 231 g/mol. The zero-order chi connectivity index (χ0) is 12.1. The summed E-state index contributed by atoms with van der Waals surface area (Å²) in [6, 6.07) is 9.34. The van der Waals surface area contributed by atoms with E-state index < -0.39 is 0 Å². The van der Waals surface area contributed by atoms with Gasteiger partial charge in [-0.1, -0.05) is 12.1 Å². The summed E-state index contributed by atoms with van der Waals surface area (Å²) in [6.07, 6.45) is 2.76. The van der Waals surface area contributed by atoms with E-state index >= 15 is 0 Å². The lowest BCUT2D eigenvalue weighted by Crippen LogP contribution is -2.18. The summed E-state index contributed by atoms with van der Waals surface area (Å²) in [5.74, 6) is 0.316. The lowest BCUT2D eigenvalue weighted by molar-refractivity contribution is 0.475. The van der Waals surface area contributed by atoms with E-state index in [-0.39, 0.29) is 0 Å². The van der Waals surface area contributed by atoms with Crippen LogP contribution in [0, 0.1) is 0 Å². The van der Waals surface area contributed by atoms with Gasteiger partial charge in [0.2, 0.25) is 0 Å². The Bertz CT molecular complexity index is 462. The smallest absolute Gasteiger partial charge is 0.115 e. The second-order valence-electron chi connectivity index (χ2n) is 4.04. The molecule has 2 aromatic rings. The number of aromatic hydroxyl groups is 1. The summed E-state index contributed by atoms with van der Waals surface area (Å²) >= 11 is 0. The number of aromatic nitrogens is 2. The van der Waals surface area contributed by atoms with Crippen LogP contribution in [0.15, 0.2) is 36.5 Å². The highest BCUT2D eigenvalue weighted by atomic mass is 16.3. The number of phenolic OH excluding ortho intramolecular Hbond substituents is 1. The van der Waals surface area contributed by atoms with Gasteiger partial charge in [-0.2, -0.15) is 5.10 Å². The van der Waals surface area contributed by atoms with Crippen molar-refractivity contribution in [2.24, 2.45) is 7.05 Å². The highest BCUT2D eigenvalue weighted by Gasteiger charge is 1.98. The molecule has 0 aliphatic rings. The number of rotatable bonds is 5. The molecule has 0 aliphatic heterocycles. The lowest BCUT2D eigenvalue weighted by Gasteiger charge is -2.05. The number of benzene rings is 1. The Morgan fingerprint density at radius 1 is 1.24 bits per heavy atom. The molecule has 4 nitrogen and oxygen atoms in total. The van der Waals surface area contributed by atoms with Gasteiger partial charge in [0.25, 0.3) is 0 Å². The van der Waals surface area contributed by atoms with Crippen LogP contribution in [-0.4, -0.2) is 21.4 Å². The quantitative estimate of drug-likeness (QED) is 0.766. The molecule has 90 valence electrons. The van der Waals surface area contributed by atoms with Gasteiger partial charge >= 0.3 is 0 Å². The Morgan fingerprint density at radius 3 is 2.65 bits per heavy atom. The molecule has 0 radical (unpaired) electrons. The number of hydrogen-bond donors (Lipinski definition) is 2. The molecule has 1 aromatic heterocycles. The van der Waals surface area contributed by atoms with E-state index in [1.165, 1.54) is 11.3 Å². The van der Waals surface area contributed by atoms with Crippen molar-refractivity contribution in [3.63, 3.8) is 0 Å². The van der Waals surface area contributed by atoms with Crippen molar-refractivity contribution in [1.82, 2.24) is 15.1 Å². The van der Waals surface area contributed by atoms with E-state index in [2.05, 4.69) is 10.4 Å². The molecular weight excluding hydrogens is 214 g/mol. The summed E-state index contributed by atoms with van der Waals surface area (Å²) in [4.78, 5) is 0. The van der Waals surface area contributed by atoms with Crippen molar-refractivity contribution in [2.45, 2.75) is 13.0 Å². The topological polar surface area (TPSA) is 50.1 Å². The Labute approximate surface area is 101 Å². The molecule has 0 amide bonds. The van der Waals surface area contributed by atoms with Crippen molar-refractivity contribution in [1.29, 1.82) is 0 Å². The Morgan fingerprint density at radius 2 is 2.00 bits per heavy atom. The first-order valence-electron chi connectivity index (χ1n) is 5.71. The van der Waals surface area contributed by atoms with Crippen LogP contribution < -0.4 is 5.32 Å². The van der Waals surface area contributed by atoms with Crippen molar-refractivity contribution in [2.75, 3.05) is 6.54 Å². The van der Waals surface area contributed by atoms with Crippen molar-refractivity contribution in [3.8, 4) is 5.75 Å². The maximum atomic E-state index is 9.16. The predicted octanol–water partition coefficient (Wildman–Crippen LogP) is 1.46. The molecule has 0 unspecified atom stereocenters. The number of hydrogen-bond acceptors (Lipinski definition) is 3. The fourth-order valence-corrected chi connectivity index (χ4v) is 1.69. The minimum Gasteiger partial charge on any atom is -0.508 e. The minimum atomic E-state index is 0.316. The molecular formula is C13H17N3O. The molecule has 0 spiro atoms. The fraction of sp³-hybridized carbons (Fsp3) is 0.308. The van der Waals surface area contributed by atoms with Gasteiger partial charge in [0.1, 0.15) is 5.75 Å². The van der Waals surface area contributed by atoms with E-state index in [1.54, 1.807) is 18.3 Å². The molecule has 0 aliphatic carbocycles. The van der Waals surface area contributed by atoms with Crippen LogP contribution in [0.5, 0.6) is 5.75 Å². The number of phenols is 1. The molecule has 1 aromatic carbocycles. The molecule has 0 saturated heterocycles. The number of nitrogens with one attached hydrogen (secondary N) is 1. The van der Waals surface area contributed by atoms with Gasteiger partial charge in [0.15, 0.2) is 0 Å². The maximum absolute atomic E-state index is 9.16. The van der Waals surface area contributed by atoms with Crippen LogP contribution in [0.25, 0.3) is 0 Å². The van der Waals surface area contributed by atoms with Crippen LogP contribution in [0.1, 0.15) is 11.3 Å². The first kappa shape index (κ1) is 11.7. The molecule has 2 N–H and O–H groups in total. The Kier molecular flexibility index (Phi) is 3.77. The largest absolute Gasteiger partial charge is 0.508 e. The molecule has 2 rings (SSSR count). The average Bonchev–Trinajstić information content (AvgIpc) is 2.73. The SMILES string of the molecule is Cn1nccc1CNCCc1ccc(O)cc1. The van der Waals surface area contributed by atoms with Crippen molar-refractivity contribution >= 4 is 0 Å². The average molecular weight is 231 g/mol. The first-order valence-corrected chi connectivity index (χ1v) is 5.71. The molecule has 17 heavy (non-hydrogen) atoms. The van der Waals surface area contributed by atoms with E-state index in [1.807, 2.05) is 29.9 Å². The van der Waals surface area contributed by atoms with Gasteiger partial charge in [-0.3, -0.25) is 4.68 Å². The van der Waals surface area contributed by atoms with Gasteiger partial charge in [0, 0.05) is 19.8 Å². The minimum absolute atomic E-state index is 0.316. The highest BCUT2D eigenvalue weighted by molar-refractivity contribution is 5.25. The van der Waals surface area contributed by atoms with E-state index in [4.69, 9.17) is 5.11 Å². The highest BCUT2D eigenvalue weighted by Crippen LogP contribution is 2.09. The summed E-state index contributed by atoms with van der Waals surface area (Å²) < 4.78 is 1.87. The zero-order valence-electron chi connectivity index (χ0n) is 9.93. The maximum Gasteiger partial charge on any atom is 0.115 e. The zero-order valence-corrected chi connectivity index (χ0v) is 9.93. The molecule has 0 saturated carbocycles. The van der Waals surface area contributed by atoms with Gasteiger partial charge < -0.3 is 10.4 Å². The third-order valence-corrected chi connectivity index (χ3v) is 2.76. The normalized spacial score (nSPS) is 10.6. The first-order chi connectivity index (χ1) is 8.25. The number of aryl methyl sites for hydroxylation is 1. The Balaban J connectivity index is 1.73. The van der Waals surface area contributed by atoms with Gasteiger partial charge in [-0.25, -0.2) is 0 Å². The molecule has 0 fully saturated rings. The van der Waals surface area contributed by atoms with E-state index in [9.17, 15) is 0 Å². The van der Waals surface area contributed by atoms with E-state index in [0.29, 0.717) is 5.75 Å². The van der Waals surface area contributed by atoms with Gasteiger partial charge in [-0.15, -0.1) is 0 Å².